The summed E-state index contributed by atoms with van der Waals surface area (Å²) >= 11 is 0. The van der Waals surface area contributed by atoms with E-state index in [0.717, 1.165) is 0 Å². The molecule has 11 heteroatoms. The zero-order valence-corrected chi connectivity index (χ0v) is 20.6. The first kappa shape index (κ1) is 25.4. The van der Waals surface area contributed by atoms with Crippen LogP contribution in [0.25, 0.3) is 17.1 Å². The lowest BCUT2D eigenvalue weighted by atomic mass is 10.1. The molecule has 4 aromatic rings. The second kappa shape index (κ2) is 11.4. The van der Waals surface area contributed by atoms with Crippen molar-refractivity contribution in [1.29, 1.82) is 0 Å². The summed E-state index contributed by atoms with van der Waals surface area (Å²) < 4.78 is 32.4. The van der Waals surface area contributed by atoms with Crippen LogP contribution in [0.15, 0.2) is 59.8 Å². The Balaban J connectivity index is 1.39. The van der Waals surface area contributed by atoms with Crippen LogP contribution in [-0.4, -0.2) is 53.1 Å². The number of nitrogens with zero attached hydrogens (tertiary/aromatic N) is 4. The molecule has 0 fully saturated rings. The molecular weight excluding hydrogens is 481 g/mol. The number of amides is 1. The van der Waals surface area contributed by atoms with Gasteiger partial charge >= 0.3 is 0 Å². The molecule has 2 heterocycles. The molecule has 1 N–H and O–H groups in total. The number of benzene rings is 2. The Morgan fingerprint density at radius 1 is 1.11 bits per heavy atom. The molecule has 0 bridgehead atoms. The van der Waals surface area contributed by atoms with Gasteiger partial charge < -0.3 is 19.5 Å². The lowest BCUT2D eigenvalue weighted by Crippen LogP contribution is -2.26. The first-order valence-electron chi connectivity index (χ1n) is 11.3. The number of methoxy groups -OCH3 is 3. The van der Waals surface area contributed by atoms with Gasteiger partial charge in [-0.1, -0.05) is 12.1 Å². The van der Waals surface area contributed by atoms with Crippen LogP contribution in [0.2, 0.25) is 0 Å². The van der Waals surface area contributed by atoms with E-state index in [-0.39, 0.29) is 30.4 Å². The van der Waals surface area contributed by atoms with Crippen LogP contribution in [0, 0.1) is 5.82 Å². The van der Waals surface area contributed by atoms with E-state index in [4.69, 9.17) is 14.2 Å². The van der Waals surface area contributed by atoms with E-state index in [9.17, 15) is 14.0 Å². The van der Waals surface area contributed by atoms with Crippen molar-refractivity contribution in [1.82, 2.24) is 24.6 Å². The SMILES string of the molecule is COc1cc(/C=C/C(=O)NCCn2ncc3c(=O)n(Cc4cccc(F)c4)cnc32)cc(OC)c1OC. The highest BCUT2D eigenvalue weighted by Gasteiger charge is 2.13. The number of nitrogens with one attached hydrogen (secondary N) is 1. The molecule has 0 aliphatic carbocycles. The fraction of sp³-hybridized carbons (Fsp3) is 0.231. The summed E-state index contributed by atoms with van der Waals surface area (Å²) in [5.41, 5.74) is 1.47. The van der Waals surface area contributed by atoms with Crippen molar-refractivity contribution < 1.29 is 23.4 Å². The van der Waals surface area contributed by atoms with Gasteiger partial charge in [-0.05, 0) is 41.5 Å². The fourth-order valence-corrected chi connectivity index (χ4v) is 3.82. The number of rotatable bonds is 10. The minimum atomic E-state index is -0.368. The van der Waals surface area contributed by atoms with Crippen LogP contribution in [0.5, 0.6) is 17.2 Å². The minimum absolute atomic E-state index is 0.194. The Hall–Kier alpha value is -4.67. The van der Waals surface area contributed by atoms with Crippen molar-refractivity contribution >= 4 is 23.0 Å². The summed E-state index contributed by atoms with van der Waals surface area (Å²) in [5, 5.41) is 7.35. The summed E-state index contributed by atoms with van der Waals surface area (Å²) in [6.07, 6.45) is 5.88. The normalized spacial score (nSPS) is 11.1. The van der Waals surface area contributed by atoms with Crippen LogP contribution < -0.4 is 25.1 Å². The molecule has 1 amide bonds. The first-order valence-corrected chi connectivity index (χ1v) is 11.3. The molecular formula is C26H26FN5O5. The topological polar surface area (TPSA) is 110 Å². The Morgan fingerprint density at radius 3 is 2.54 bits per heavy atom. The molecule has 0 saturated carbocycles. The van der Waals surface area contributed by atoms with Crippen molar-refractivity contribution in [2.45, 2.75) is 13.1 Å². The van der Waals surface area contributed by atoms with Gasteiger partial charge in [0.05, 0.1) is 40.6 Å². The molecule has 4 rings (SSSR count). The Kier molecular flexibility index (Phi) is 7.82. The maximum Gasteiger partial charge on any atom is 0.264 e. The average Bonchev–Trinajstić information content (AvgIpc) is 3.32. The third-order valence-electron chi connectivity index (χ3n) is 5.60. The van der Waals surface area contributed by atoms with Gasteiger partial charge in [0.1, 0.15) is 17.5 Å². The fourth-order valence-electron chi connectivity index (χ4n) is 3.82. The smallest absolute Gasteiger partial charge is 0.264 e. The molecule has 0 spiro atoms. The van der Waals surface area contributed by atoms with E-state index in [1.807, 2.05) is 0 Å². The number of carbonyl (C=O) groups is 1. The molecule has 0 radical (unpaired) electrons. The summed E-state index contributed by atoms with van der Waals surface area (Å²) in [6.45, 7) is 0.774. The first-order chi connectivity index (χ1) is 17.9. The number of aromatic nitrogens is 4. The number of hydrogen-bond acceptors (Lipinski definition) is 7. The summed E-state index contributed by atoms with van der Waals surface area (Å²) in [7, 11) is 4.56. The average molecular weight is 508 g/mol. The number of ether oxygens (including phenoxy) is 3. The molecule has 37 heavy (non-hydrogen) atoms. The third kappa shape index (κ3) is 5.77. The third-order valence-corrected chi connectivity index (χ3v) is 5.60. The van der Waals surface area contributed by atoms with E-state index in [1.54, 1.807) is 35.0 Å². The molecule has 2 aromatic heterocycles. The van der Waals surface area contributed by atoms with Crippen LogP contribution in [0.1, 0.15) is 11.1 Å². The number of hydrogen-bond donors (Lipinski definition) is 1. The summed E-state index contributed by atoms with van der Waals surface area (Å²) in [4.78, 5) is 29.5. The van der Waals surface area contributed by atoms with Crippen LogP contribution in [0.3, 0.4) is 0 Å². The second-order valence-corrected chi connectivity index (χ2v) is 8.00. The van der Waals surface area contributed by atoms with E-state index in [1.165, 1.54) is 56.6 Å². The largest absolute Gasteiger partial charge is 0.493 e. The van der Waals surface area contributed by atoms with E-state index < -0.39 is 0 Å². The van der Waals surface area contributed by atoms with Gasteiger partial charge in [-0.25, -0.2) is 14.1 Å². The number of carbonyl (C=O) groups excluding carboxylic acids is 1. The molecule has 0 saturated heterocycles. The van der Waals surface area contributed by atoms with Crippen molar-refractivity contribution in [3.05, 3.63) is 82.3 Å². The standard InChI is InChI=1S/C26H26FN5O5/c1-35-21-12-17(13-22(36-2)24(21)37-3)7-8-23(33)28-9-10-32-25-20(14-30-32)26(34)31(16-29-25)15-18-5-4-6-19(27)11-18/h4-8,11-14,16H,9-10,15H2,1-3H3,(H,28,33)/b8-7+. The molecule has 0 aliphatic heterocycles. The van der Waals surface area contributed by atoms with Crippen LogP contribution >= 0.6 is 0 Å². The van der Waals surface area contributed by atoms with E-state index in [2.05, 4.69) is 15.4 Å². The number of halogens is 1. The van der Waals surface area contributed by atoms with Crippen molar-refractivity contribution in [2.75, 3.05) is 27.9 Å². The summed E-state index contributed by atoms with van der Waals surface area (Å²) in [6, 6.07) is 9.51. The van der Waals surface area contributed by atoms with Crippen LogP contribution in [0.4, 0.5) is 4.39 Å². The Morgan fingerprint density at radius 2 is 1.86 bits per heavy atom. The molecule has 0 unspecified atom stereocenters. The van der Waals surface area contributed by atoms with Gasteiger partial charge in [-0.2, -0.15) is 5.10 Å². The van der Waals surface area contributed by atoms with E-state index in [0.29, 0.717) is 46.0 Å². The maximum atomic E-state index is 13.5. The predicted molar refractivity (Wildman–Crippen MR) is 135 cm³/mol. The van der Waals surface area contributed by atoms with Gasteiger partial charge in [0.2, 0.25) is 11.7 Å². The van der Waals surface area contributed by atoms with Gasteiger partial charge in [-0.15, -0.1) is 0 Å². The van der Waals surface area contributed by atoms with Gasteiger partial charge in [0, 0.05) is 12.6 Å². The molecule has 0 atom stereocenters. The predicted octanol–water partition coefficient (Wildman–Crippen LogP) is 2.64. The maximum absolute atomic E-state index is 13.5. The summed E-state index contributed by atoms with van der Waals surface area (Å²) in [5.74, 6) is 0.751. The quantitative estimate of drug-likeness (QED) is 0.329. The van der Waals surface area contributed by atoms with Crippen molar-refractivity contribution in [3.63, 3.8) is 0 Å². The molecule has 10 nitrogen and oxygen atoms in total. The second-order valence-electron chi connectivity index (χ2n) is 8.00. The minimum Gasteiger partial charge on any atom is -0.493 e. The highest BCUT2D eigenvalue weighted by atomic mass is 19.1. The van der Waals surface area contributed by atoms with Gasteiger partial charge in [0.25, 0.3) is 5.56 Å². The zero-order chi connectivity index (χ0) is 26.4. The van der Waals surface area contributed by atoms with Crippen molar-refractivity contribution in [2.24, 2.45) is 0 Å². The van der Waals surface area contributed by atoms with E-state index >= 15 is 0 Å². The van der Waals surface area contributed by atoms with Crippen molar-refractivity contribution in [3.8, 4) is 17.2 Å². The molecule has 0 aliphatic rings. The molecule has 2 aromatic carbocycles. The number of fused-ring (bicyclic) bond motifs is 1. The monoisotopic (exact) mass is 507 g/mol. The van der Waals surface area contributed by atoms with Gasteiger partial charge in [0.15, 0.2) is 17.1 Å². The van der Waals surface area contributed by atoms with Crippen LogP contribution in [-0.2, 0) is 17.9 Å². The highest BCUT2D eigenvalue weighted by molar-refractivity contribution is 5.91. The Bertz CT molecular complexity index is 1490. The lowest BCUT2D eigenvalue weighted by molar-refractivity contribution is -0.116. The Labute approximate surface area is 211 Å². The van der Waals surface area contributed by atoms with Gasteiger partial charge in [-0.3, -0.25) is 14.2 Å². The highest BCUT2D eigenvalue weighted by Crippen LogP contribution is 2.38. The lowest BCUT2D eigenvalue weighted by Gasteiger charge is -2.12. The molecule has 192 valence electrons. The zero-order valence-electron chi connectivity index (χ0n) is 20.6.